The molecular formula is C10H22NOP. The van der Waals surface area contributed by atoms with Gasteiger partial charge in [0.25, 0.3) is 0 Å². The number of ether oxygens (including phenoxy) is 1. The first-order chi connectivity index (χ1) is 6.20. The molecule has 0 N–H and O–H groups in total. The van der Waals surface area contributed by atoms with E-state index in [1.165, 1.54) is 32.4 Å². The Balaban J connectivity index is 2.33. The molecule has 1 fully saturated rings. The number of likely N-dealkylation sites (tertiary alicyclic amines) is 1. The zero-order valence-corrected chi connectivity index (χ0v) is 10.0. The van der Waals surface area contributed by atoms with Crippen molar-refractivity contribution in [1.29, 1.82) is 0 Å². The molecule has 0 aromatic rings. The van der Waals surface area contributed by atoms with E-state index in [0.29, 0.717) is 5.16 Å². The van der Waals surface area contributed by atoms with E-state index in [0.717, 1.165) is 13.2 Å². The van der Waals surface area contributed by atoms with Crippen molar-refractivity contribution < 1.29 is 4.74 Å². The highest BCUT2D eigenvalue weighted by molar-refractivity contribution is 7.19. The molecule has 0 aromatic heterocycles. The standard InChI is InChI=1S/C10H22NOP/c1-3-10(13)5-4-6-11(9-10)7-8-12-2/h3-9,13H2,1-2H3. The Kier molecular flexibility index (Phi) is 4.64. The molecule has 1 aliphatic heterocycles. The van der Waals surface area contributed by atoms with Crippen LogP contribution in [0.15, 0.2) is 0 Å². The minimum atomic E-state index is 0.478. The first kappa shape index (κ1) is 11.4. The van der Waals surface area contributed by atoms with Crippen molar-refractivity contribution in [3.8, 4) is 0 Å². The first-order valence-electron chi connectivity index (χ1n) is 5.20. The Hall–Kier alpha value is 0.350. The minimum absolute atomic E-state index is 0.478. The number of methoxy groups -OCH3 is 1. The van der Waals surface area contributed by atoms with Crippen molar-refractivity contribution in [3.63, 3.8) is 0 Å². The van der Waals surface area contributed by atoms with E-state index in [1.807, 2.05) is 0 Å². The van der Waals surface area contributed by atoms with Crippen LogP contribution in [0.1, 0.15) is 26.2 Å². The highest BCUT2D eigenvalue weighted by atomic mass is 31.0. The maximum atomic E-state index is 5.10. The lowest BCUT2D eigenvalue weighted by molar-refractivity contribution is 0.121. The molecule has 1 saturated heterocycles. The Labute approximate surface area is 84.2 Å². The van der Waals surface area contributed by atoms with Crippen LogP contribution in [0.3, 0.4) is 0 Å². The summed E-state index contributed by atoms with van der Waals surface area (Å²) < 4.78 is 5.10. The third-order valence-corrected chi connectivity index (χ3v) is 3.88. The van der Waals surface area contributed by atoms with Crippen LogP contribution in [0.5, 0.6) is 0 Å². The van der Waals surface area contributed by atoms with Gasteiger partial charge in [-0.1, -0.05) is 6.92 Å². The minimum Gasteiger partial charge on any atom is -0.383 e. The third kappa shape index (κ3) is 3.53. The number of nitrogens with zero attached hydrogens (tertiary/aromatic N) is 1. The predicted octanol–water partition coefficient (Wildman–Crippen LogP) is 1.75. The van der Waals surface area contributed by atoms with E-state index >= 15 is 0 Å². The lowest BCUT2D eigenvalue weighted by Crippen LogP contribution is -2.44. The van der Waals surface area contributed by atoms with Gasteiger partial charge in [0.05, 0.1) is 6.61 Å². The van der Waals surface area contributed by atoms with E-state index in [1.54, 1.807) is 7.11 Å². The summed E-state index contributed by atoms with van der Waals surface area (Å²) >= 11 is 0. The summed E-state index contributed by atoms with van der Waals surface area (Å²) in [7, 11) is 4.82. The average Bonchev–Trinajstić information content (AvgIpc) is 2.15. The van der Waals surface area contributed by atoms with Crippen LogP contribution in [0.2, 0.25) is 0 Å². The summed E-state index contributed by atoms with van der Waals surface area (Å²) in [6.07, 6.45) is 3.96. The van der Waals surface area contributed by atoms with Gasteiger partial charge < -0.3 is 9.64 Å². The summed E-state index contributed by atoms with van der Waals surface area (Å²) in [6, 6.07) is 0. The van der Waals surface area contributed by atoms with E-state index in [-0.39, 0.29) is 0 Å². The fourth-order valence-corrected chi connectivity index (χ4v) is 2.42. The van der Waals surface area contributed by atoms with Gasteiger partial charge >= 0.3 is 0 Å². The molecular weight excluding hydrogens is 181 g/mol. The molecule has 13 heavy (non-hydrogen) atoms. The Morgan fingerprint density at radius 1 is 1.54 bits per heavy atom. The van der Waals surface area contributed by atoms with Crippen LogP contribution < -0.4 is 0 Å². The maximum absolute atomic E-state index is 5.10. The molecule has 1 rings (SSSR count). The molecule has 2 atom stereocenters. The van der Waals surface area contributed by atoms with E-state index in [2.05, 4.69) is 21.1 Å². The zero-order valence-electron chi connectivity index (χ0n) is 8.88. The summed E-state index contributed by atoms with van der Waals surface area (Å²) in [4.78, 5) is 2.52. The van der Waals surface area contributed by atoms with Gasteiger partial charge in [-0.3, -0.25) is 0 Å². The van der Waals surface area contributed by atoms with Gasteiger partial charge in [-0.15, -0.1) is 9.24 Å². The van der Waals surface area contributed by atoms with Gasteiger partial charge in [0.15, 0.2) is 0 Å². The molecule has 3 heteroatoms. The molecule has 0 radical (unpaired) electrons. The second-order valence-electron chi connectivity index (χ2n) is 4.09. The fourth-order valence-electron chi connectivity index (χ4n) is 1.96. The van der Waals surface area contributed by atoms with Gasteiger partial charge in [0, 0.05) is 20.2 Å². The monoisotopic (exact) mass is 203 g/mol. The lowest BCUT2D eigenvalue weighted by Gasteiger charge is -2.39. The molecule has 0 amide bonds. The van der Waals surface area contributed by atoms with Gasteiger partial charge in [0.2, 0.25) is 0 Å². The van der Waals surface area contributed by atoms with E-state index < -0.39 is 0 Å². The SMILES string of the molecule is CCC1(P)CCCN(CCOC)C1. The van der Waals surface area contributed by atoms with Crippen molar-refractivity contribution in [3.05, 3.63) is 0 Å². The Morgan fingerprint density at radius 3 is 2.92 bits per heavy atom. The second-order valence-corrected chi connectivity index (χ2v) is 5.31. The second kappa shape index (κ2) is 5.29. The van der Waals surface area contributed by atoms with Gasteiger partial charge in [-0.25, -0.2) is 0 Å². The van der Waals surface area contributed by atoms with Crippen molar-refractivity contribution in [1.82, 2.24) is 4.90 Å². The van der Waals surface area contributed by atoms with Crippen molar-refractivity contribution in [2.75, 3.05) is 33.4 Å². The number of hydrogen-bond acceptors (Lipinski definition) is 2. The largest absolute Gasteiger partial charge is 0.383 e. The van der Waals surface area contributed by atoms with Gasteiger partial charge in [-0.2, -0.15) is 0 Å². The molecule has 0 aromatic carbocycles. The summed E-state index contributed by atoms with van der Waals surface area (Å²) in [5.74, 6) is 0. The molecule has 0 bridgehead atoms. The smallest absolute Gasteiger partial charge is 0.0589 e. The van der Waals surface area contributed by atoms with E-state index in [9.17, 15) is 0 Å². The quantitative estimate of drug-likeness (QED) is 0.645. The molecule has 0 saturated carbocycles. The molecule has 1 heterocycles. The Bertz CT molecular complexity index is 154. The average molecular weight is 203 g/mol. The van der Waals surface area contributed by atoms with Crippen molar-refractivity contribution in [2.24, 2.45) is 0 Å². The molecule has 2 unspecified atom stereocenters. The summed E-state index contributed by atoms with van der Waals surface area (Å²) in [5.41, 5.74) is 0. The number of piperidine rings is 1. The first-order valence-corrected chi connectivity index (χ1v) is 5.78. The lowest BCUT2D eigenvalue weighted by atomic mass is 9.94. The van der Waals surface area contributed by atoms with Crippen molar-refractivity contribution in [2.45, 2.75) is 31.3 Å². The fraction of sp³-hybridized carbons (Fsp3) is 1.00. The topological polar surface area (TPSA) is 12.5 Å². The molecule has 0 aliphatic carbocycles. The van der Waals surface area contributed by atoms with Crippen LogP contribution >= 0.6 is 9.24 Å². The van der Waals surface area contributed by atoms with Crippen LogP contribution in [0.25, 0.3) is 0 Å². The highest BCUT2D eigenvalue weighted by Gasteiger charge is 2.28. The van der Waals surface area contributed by atoms with Gasteiger partial charge in [-0.05, 0) is 31.0 Å². The molecule has 78 valence electrons. The highest BCUT2D eigenvalue weighted by Crippen LogP contribution is 2.32. The summed E-state index contributed by atoms with van der Waals surface area (Å²) in [6.45, 7) is 6.71. The molecule has 0 spiro atoms. The Morgan fingerprint density at radius 2 is 2.31 bits per heavy atom. The van der Waals surface area contributed by atoms with Crippen molar-refractivity contribution >= 4 is 9.24 Å². The molecule has 2 nitrogen and oxygen atoms in total. The predicted molar refractivity (Wildman–Crippen MR) is 60.3 cm³/mol. The summed E-state index contributed by atoms with van der Waals surface area (Å²) in [5, 5.41) is 0.478. The van der Waals surface area contributed by atoms with Crippen LogP contribution in [-0.4, -0.2) is 43.4 Å². The third-order valence-electron chi connectivity index (χ3n) is 3.00. The maximum Gasteiger partial charge on any atom is 0.0589 e. The van der Waals surface area contributed by atoms with Crippen LogP contribution in [-0.2, 0) is 4.74 Å². The normalized spacial score (nSPS) is 30.7. The van der Waals surface area contributed by atoms with Crippen LogP contribution in [0.4, 0.5) is 0 Å². The molecule has 1 aliphatic rings. The zero-order chi connectivity index (χ0) is 9.73. The number of hydrogen-bond donors (Lipinski definition) is 0. The van der Waals surface area contributed by atoms with Crippen LogP contribution in [0, 0.1) is 0 Å². The number of rotatable bonds is 4. The van der Waals surface area contributed by atoms with Gasteiger partial charge in [0.1, 0.15) is 0 Å². The van der Waals surface area contributed by atoms with E-state index in [4.69, 9.17) is 4.74 Å².